The first-order chi connectivity index (χ1) is 10.5. The van der Waals surface area contributed by atoms with E-state index in [4.69, 9.17) is 12.2 Å². The van der Waals surface area contributed by atoms with Gasteiger partial charge >= 0.3 is 0 Å². The molecule has 3 rings (SSSR count). The summed E-state index contributed by atoms with van der Waals surface area (Å²) in [7, 11) is 0. The number of nitrogens with one attached hydrogen (secondary N) is 1. The van der Waals surface area contributed by atoms with Gasteiger partial charge < -0.3 is 10.0 Å². The number of piperidine rings is 1. The van der Waals surface area contributed by atoms with Gasteiger partial charge in [-0.05, 0) is 53.7 Å². The van der Waals surface area contributed by atoms with Crippen LogP contribution in [-0.2, 0) is 6.67 Å². The fourth-order valence-electron chi connectivity index (χ4n) is 2.85. The van der Waals surface area contributed by atoms with E-state index >= 15 is 0 Å². The van der Waals surface area contributed by atoms with Crippen molar-refractivity contribution in [1.29, 1.82) is 0 Å². The van der Waals surface area contributed by atoms with E-state index in [1.807, 2.05) is 6.92 Å². The highest BCUT2D eigenvalue weighted by molar-refractivity contribution is 7.71. The molecule has 1 fully saturated rings. The lowest BCUT2D eigenvalue weighted by molar-refractivity contribution is -0.929. The zero-order valence-corrected chi connectivity index (χ0v) is 13.8. The molecule has 1 aliphatic rings. The molecule has 6 nitrogen and oxygen atoms in total. The molecule has 1 aliphatic heterocycles. The van der Waals surface area contributed by atoms with Crippen LogP contribution in [0, 0.1) is 18.6 Å². The van der Waals surface area contributed by atoms with Gasteiger partial charge in [-0.25, -0.2) is 0 Å². The number of rotatable bonds is 3. The molecular formula is C15H22N5OS+. The van der Waals surface area contributed by atoms with Crippen LogP contribution in [0.1, 0.15) is 24.0 Å². The first-order valence-electron chi connectivity index (χ1n) is 7.66. The van der Waals surface area contributed by atoms with Gasteiger partial charge in [-0.2, -0.15) is 9.36 Å². The second-order valence-corrected chi connectivity index (χ2v) is 6.47. The highest BCUT2D eigenvalue weighted by atomic mass is 32.1. The van der Waals surface area contributed by atoms with Crippen LogP contribution < -0.4 is 4.90 Å². The zero-order chi connectivity index (χ0) is 15.7. The first kappa shape index (κ1) is 15.3. The van der Waals surface area contributed by atoms with Crippen molar-refractivity contribution >= 4 is 12.2 Å². The fourth-order valence-corrected chi connectivity index (χ4v) is 3.09. The van der Waals surface area contributed by atoms with E-state index in [9.17, 15) is 5.11 Å². The molecule has 7 heteroatoms. The quantitative estimate of drug-likeness (QED) is 0.805. The maximum atomic E-state index is 9.58. The van der Waals surface area contributed by atoms with Crippen molar-refractivity contribution in [3.05, 3.63) is 34.1 Å². The predicted octanol–water partition coefficient (Wildman–Crippen LogP) is 0.412. The summed E-state index contributed by atoms with van der Waals surface area (Å²) >= 11 is 5.54. The number of tetrazole rings is 1. The van der Waals surface area contributed by atoms with Gasteiger partial charge in [-0.1, -0.05) is 12.1 Å². The topological polar surface area (TPSA) is 60.3 Å². The lowest BCUT2D eigenvalue weighted by atomic mass is 10.1. The van der Waals surface area contributed by atoms with Crippen LogP contribution >= 0.6 is 12.2 Å². The molecule has 0 bridgehead atoms. The molecule has 0 amide bonds. The van der Waals surface area contributed by atoms with E-state index < -0.39 is 0 Å². The summed E-state index contributed by atoms with van der Waals surface area (Å²) in [5.74, 6) is 0. The Hall–Kier alpha value is -1.57. The van der Waals surface area contributed by atoms with E-state index in [0.717, 1.165) is 37.2 Å². The lowest BCUT2D eigenvalue weighted by Gasteiger charge is -2.25. The Labute approximate surface area is 135 Å². The van der Waals surface area contributed by atoms with E-state index in [1.165, 1.54) is 10.5 Å². The molecule has 0 unspecified atom stereocenters. The number of aryl methyl sites for hydroxylation is 2. The second kappa shape index (κ2) is 6.28. The summed E-state index contributed by atoms with van der Waals surface area (Å²) in [6, 6.07) is 6.23. The normalized spacial score (nSPS) is 22.0. The second-order valence-electron chi connectivity index (χ2n) is 6.10. The molecule has 0 radical (unpaired) electrons. The number of aliphatic hydroxyl groups is 1. The summed E-state index contributed by atoms with van der Waals surface area (Å²) in [5.41, 5.74) is 3.29. The number of hydrogen-bond acceptors (Lipinski definition) is 4. The Kier molecular flexibility index (Phi) is 4.37. The molecule has 2 heterocycles. The van der Waals surface area contributed by atoms with Crippen molar-refractivity contribution in [2.24, 2.45) is 0 Å². The van der Waals surface area contributed by atoms with Gasteiger partial charge in [-0.3, -0.25) is 0 Å². The minimum Gasteiger partial charge on any atom is -0.393 e. The maximum absolute atomic E-state index is 9.58. The van der Waals surface area contributed by atoms with Crippen molar-refractivity contribution in [3.63, 3.8) is 0 Å². The first-order valence-corrected chi connectivity index (χ1v) is 8.07. The standard InChI is InChI=1S/C15H21N5OS/c1-11-3-4-12(2)14(9-11)20-15(22)19(16-17-20)10-18-7-5-13(21)6-8-18/h3-4,9,13,21H,5-8,10H2,1-2H3/p+1. The Morgan fingerprint density at radius 3 is 2.73 bits per heavy atom. The third kappa shape index (κ3) is 3.11. The van der Waals surface area contributed by atoms with Crippen LogP contribution in [-0.4, -0.2) is 44.1 Å². The van der Waals surface area contributed by atoms with Gasteiger partial charge in [-0.15, -0.1) is 0 Å². The predicted molar refractivity (Wildman–Crippen MR) is 85.6 cm³/mol. The van der Waals surface area contributed by atoms with Gasteiger partial charge in [0.25, 0.3) is 0 Å². The van der Waals surface area contributed by atoms with Crippen molar-refractivity contribution in [2.75, 3.05) is 13.1 Å². The third-order valence-electron chi connectivity index (χ3n) is 4.27. The van der Waals surface area contributed by atoms with E-state index in [0.29, 0.717) is 11.4 Å². The lowest BCUT2D eigenvalue weighted by Crippen LogP contribution is -3.12. The molecule has 118 valence electrons. The number of nitrogens with zero attached hydrogens (tertiary/aromatic N) is 4. The molecule has 0 aliphatic carbocycles. The molecule has 0 spiro atoms. The van der Waals surface area contributed by atoms with Gasteiger partial charge in [0.1, 0.15) is 0 Å². The van der Waals surface area contributed by atoms with Crippen LogP contribution in [0.3, 0.4) is 0 Å². The zero-order valence-electron chi connectivity index (χ0n) is 13.0. The molecule has 2 aromatic rings. The number of aliphatic hydroxyl groups excluding tert-OH is 1. The van der Waals surface area contributed by atoms with Crippen LogP contribution in [0.25, 0.3) is 5.69 Å². The molecule has 0 saturated carbocycles. The number of hydrogen-bond donors (Lipinski definition) is 2. The summed E-state index contributed by atoms with van der Waals surface area (Å²) in [4.78, 5) is 1.38. The van der Waals surface area contributed by atoms with Crippen LogP contribution in [0.2, 0.25) is 0 Å². The molecule has 1 saturated heterocycles. The summed E-state index contributed by atoms with van der Waals surface area (Å²) in [6.45, 7) is 6.70. The highest BCUT2D eigenvalue weighted by Crippen LogP contribution is 2.15. The van der Waals surface area contributed by atoms with Crippen molar-refractivity contribution in [1.82, 2.24) is 19.8 Å². The molecule has 1 aromatic heterocycles. The molecule has 22 heavy (non-hydrogen) atoms. The molecular weight excluding hydrogens is 298 g/mol. The Morgan fingerprint density at radius 1 is 1.27 bits per heavy atom. The Bertz CT molecular complexity index is 715. The number of quaternary nitrogens is 1. The Balaban J connectivity index is 1.83. The molecule has 1 aromatic carbocycles. The van der Waals surface area contributed by atoms with Crippen molar-refractivity contribution in [3.8, 4) is 5.69 Å². The minimum absolute atomic E-state index is 0.151. The average molecular weight is 320 g/mol. The summed E-state index contributed by atoms with van der Waals surface area (Å²) in [5, 5.41) is 18.0. The van der Waals surface area contributed by atoms with Crippen molar-refractivity contribution in [2.45, 2.75) is 39.5 Å². The maximum Gasteiger partial charge on any atom is 0.225 e. The van der Waals surface area contributed by atoms with Crippen LogP contribution in [0.5, 0.6) is 0 Å². The van der Waals surface area contributed by atoms with E-state index in [-0.39, 0.29) is 6.10 Å². The minimum atomic E-state index is -0.151. The largest absolute Gasteiger partial charge is 0.393 e. The Morgan fingerprint density at radius 2 is 2.00 bits per heavy atom. The van der Waals surface area contributed by atoms with Gasteiger partial charge in [0.05, 0.1) is 24.9 Å². The van der Waals surface area contributed by atoms with Gasteiger partial charge in [0.15, 0.2) is 6.67 Å². The van der Waals surface area contributed by atoms with Gasteiger partial charge in [0.2, 0.25) is 4.77 Å². The van der Waals surface area contributed by atoms with Gasteiger partial charge in [0, 0.05) is 12.8 Å². The number of benzene rings is 1. The van der Waals surface area contributed by atoms with Crippen LogP contribution in [0.4, 0.5) is 0 Å². The highest BCUT2D eigenvalue weighted by Gasteiger charge is 2.21. The third-order valence-corrected chi connectivity index (χ3v) is 4.65. The molecule has 0 atom stereocenters. The van der Waals surface area contributed by atoms with Crippen molar-refractivity contribution < 1.29 is 10.0 Å². The van der Waals surface area contributed by atoms with Crippen LogP contribution in [0.15, 0.2) is 18.2 Å². The fraction of sp³-hybridized carbons (Fsp3) is 0.533. The van der Waals surface area contributed by atoms with E-state index in [1.54, 1.807) is 9.36 Å². The number of likely N-dealkylation sites (tertiary alicyclic amines) is 1. The monoisotopic (exact) mass is 320 g/mol. The molecule has 2 N–H and O–H groups in total. The smallest absolute Gasteiger partial charge is 0.225 e. The summed E-state index contributed by atoms with van der Waals surface area (Å²) < 4.78 is 4.13. The average Bonchev–Trinajstić information content (AvgIpc) is 2.85. The summed E-state index contributed by atoms with van der Waals surface area (Å²) in [6.07, 6.45) is 1.53. The SMILES string of the molecule is Cc1ccc(C)c(-n2nnn(C[NH+]3CCC(O)CC3)c2=S)c1. The number of aromatic nitrogens is 4. The van der Waals surface area contributed by atoms with E-state index in [2.05, 4.69) is 35.5 Å².